The normalized spacial score (nSPS) is 19.8. The van der Waals surface area contributed by atoms with Crippen molar-refractivity contribution < 1.29 is 19.0 Å². The molecule has 1 atom stereocenters. The monoisotopic (exact) mass is 239 g/mol. The van der Waals surface area contributed by atoms with Crippen LogP contribution in [0.5, 0.6) is 5.75 Å². The number of carbonyl (C=O) groups is 1. The van der Waals surface area contributed by atoms with Crippen LogP contribution >= 0.6 is 0 Å². The molecule has 0 spiro atoms. The quantitative estimate of drug-likeness (QED) is 0.861. The molecule has 0 aliphatic carbocycles. The Hall–Kier alpha value is -1.62. The molecular weight excluding hydrogens is 225 g/mol. The number of hydrogen-bond acceptors (Lipinski definition) is 3. The number of amides is 1. The second kappa shape index (κ2) is 4.71. The summed E-state index contributed by atoms with van der Waals surface area (Å²) < 4.78 is 18.3. The molecule has 1 N–H and O–H groups in total. The summed E-state index contributed by atoms with van der Waals surface area (Å²) in [6.07, 6.45) is 0.301. The van der Waals surface area contributed by atoms with Crippen LogP contribution in [0.3, 0.4) is 0 Å². The summed E-state index contributed by atoms with van der Waals surface area (Å²) in [6, 6.07) is 4.16. The highest BCUT2D eigenvalue weighted by Crippen LogP contribution is 2.28. The van der Waals surface area contributed by atoms with E-state index >= 15 is 0 Å². The van der Waals surface area contributed by atoms with Crippen LogP contribution in [0.1, 0.15) is 6.42 Å². The van der Waals surface area contributed by atoms with E-state index < -0.39 is 5.82 Å². The molecule has 1 amide bonds. The van der Waals surface area contributed by atoms with Crippen LogP contribution in [0, 0.1) is 11.7 Å². The minimum atomic E-state index is -0.445. The Bertz CT molecular complexity index is 436. The van der Waals surface area contributed by atoms with Crippen molar-refractivity contribution in [2.45, 2.75) is 6.42 Å². The van der Waals surface area contributed by atoms with Crippen LogP contribution < -0.4 is 9.64 Å². The van der Waals surface area contributed by atoms with Crippen molar-refractivity contribution in [2.24, 2.45) is 5.92 Å². The van der Waals surface area contributed by atoms with E-state index in [4.69, 9.17) is 9.84 Å². The van der Waals surface area contributed by atoms with E-state index in [9.17, 15) is 9.18 Å². The number of aliphatic hydroxyl groups excluding tert-OH is 1. The van der Waals surface area contributed by atoms with Crippen LogP contribution in [0.4, 0.5) is 10.1 Å². The van der Waals surface area contributed by atoms with Crippen molar-refractivity contribution in [1.82, 2.24) is 0 Å². The van der Waals surface area contributed by atoms with Gasteiger partial charge >= 0.3 is 0 Å². The summed E-state index contributed by atoms with van der Waals surface area (Å²) in [5, 5.41) is 9.03. The molecule has 1 aromatic rings. The number of methoxy groups -OCH3 is 1. The van der Waals surface area contributed by atoms with Gasteiger partial charge in [0.05, 0.1) is 12.8 Å². The highest BCUT2D eigenvalue weighted by Gasteiger charge is 2.30. The van der Waals surface area contributed by atoms with Gasteiger partial charge in [0, 0.05) is 37.6 Å². The van der Waals surface area contributed by atoms with Gasteiger partial charge in [-0.2, -0.15) is 0 Å². The number of anilines is 1. The molecule has 0 saturated carbocycles. The molecule has 2 rings (SSSR count). The van der Waals surface area contributed by atoms with E-state index in [0.29, 0.717) is 24.4 Å². The molecular formula is C12H14FNO3. The molecule has 1 aliphatic heterocycles. The van der Waals surface area contributed by atoms with Gasteiger partial charge in [0.15, 0.2) is 0 Å². The molecule has 1 aromatic carbocycles. The summed E-state index contributed by atoms with van der Waals surface area (Å²) in [4.78, 5) is 13.2. The van der Waals surface area contributed by atoms with Gasteiger partial charge in [-0.15, -0.1) is 0 Å². The number of nitrogens with zero attached hydrogens (tertiary/aromatic N) is 1. The Morgan fingerprint density at radius 2 is 2.29 bits per heavy atom. The number of carbonyl (C=O) groups excluding carboxylic acids is 1. The maximum atomic E-state index is 13.3. The predicted octanol–water partition coefficient (Wildman–Crippen LogP) is 1.18. The average Bonchev–Trinajstić information content (AvgIpc) is 2.69. The molecule has 1 fully saturated rings. The first kappa shape index (κ1) is 11.9. The van der Waals surface area contributed by atoms with E-state index in [0.717, 1.165) is 0 Å². The summed E-state index contributed by atoms with van der Waals surface area (Å²) in [7, 11) is 1.45. The number of ether oxygens (including phenoxy) is 1. The third-order valence-corrected chi connectivity index (χ3v) is 2.87. The fourth-order valence-corrected chi connectivity index (χ4v) is 1.98. The Morgan fingerprint density at radius 1 is 1.53 bits per heavy atom. The summed E-state index contributed by atoms with van der Waals surface area (Å²) >= 11 is 0. The van der Waals surface area contributed by atoms with Crippen LogP contribution in [0.25, 0.3) is 0 Å². The van der Waals surface area contributed by atoms with Crippen molar-refractivity contribution >= 4 is 11.6 Å². The molecule has 5 heteroatoms. The molecule has 1 saturated heterocycles. The lowest BCUT2D eigenvalue weighted by Gasteiger charge is -2.17. The first-order chi connectivity index (χ1) is 8.13. The zero-order valence-electron chi connectivity index (χ0n) is 9.52. The Morgan fingerprint density at radius 3 is 2.88 bits per heavy atom. The summed E-state index contributed by atoms with van der Waals surface area (Å²) in [5.41, 5.74) is 0.475. The maximum absolute atomic E-state index is 13.3. The summed E-state index contributed by atoms with van der Waals surface area (Å²) in [5.74, 6) is -0.242. The van der Waals surface area contributed by atoms with E-state index in [1.54, 1.807) is 6.07 Å². The SMILES string of the molecule is COc1cc(F)cc(N2CC(CO)CC2=O)c1. The fraction of sp³-hybridized carbons (Fsp3) is 0.417. The Labute approximate surface area is 98.6 Å². The Kier molecular flexibility index (Phi) is 3.28. The maximum Gasteiger partial charge on any atom is 0.227 e. The second-order valence-corrected chi connectivity index (χ2v) is 4.11. The van der Waals surface area contributed by atoms with Crippen molar-refractivity contribution in [3.05, 3.63) is 24.0 Å². The molecule has 1 unspecified atom stereocenters. The van der Waals surface area contributed by atoms with E-state index in [1.165, 1.54) is 24.1 Å². The minimum Gasteiger partial charge on any atom is -0.497 e. The van der Waals surface area contributed by atoms with Gasteiger partial charge in [0.2, 0.25) is 5.91 Å². The van der Waals surface area contributed by atoms with Crippen molar-refractivity contribution in [3.63, 3.8) is 0 Å². The predicted molar refractivity (Wildman–Crippen MR) is 60.5 cm³/mol. The largest absolute Gasteiger partial charge is 0.497 e. The van der Waals surface area contributed by atoms with Crippen LogP contribution in [0.2, 0.25) is 0 Å². The first-order valence-corrected chi connectivity index (χ1v) is 5.40. The number of hydrogen-bond donors (Lipinski definition) is 1. The topological polar surface area (TPSA) is 49.8 Å². The Balaban J connectivity index is 2.28. The lowest BCUT2D eigenvalue weighted by molar-refractivity contribution is -0.117. The molecule has 92 valence electrons. The highest BCUT2D eigenvalue weighted by molar-refractivity contribution is 5.95. The third-order valence-electron chi connectivity index (χ3n) is 2.87. The summed E-state index contributed by atoms with van der Waals surface area (Å²) in [6.45, 7) is 0.386. The minimum absolute atomic E-state index is 0.0330. The molecule has 17 heavy (non-hydrogen) atoms. The van der Waals surface area contributed by atoms with Gasteiger partial charge in [0.1, 0.15) is 11.6 Å². The first-order valence-electron chi connectivity index (χ1n) is 5.40. The standard InChI is InChI=1S/C12H14FNO3/c1-17-11-4-9(13)3-10(5-11)14-6-8(7-15)2-12(14)16/h3-5,8,15H,2,6-7H2,1H3. The number of rotatable bonds is 3. The van der Waals surface area contributed by atoms with E-state index in [1.807, 2.05) is 0 Å². The zero-order chi connectivity index (χ0) is 12.4. The molecule has 1 aliphatic rings. The fourth-order valence-electron chi connectivity index (χ4n) is 1.98. The number of halogens is 1. The number of benzene rings is 1. The van der Waals surface area contributed by atoms with Crippen molar-refractivity contribution in [3.8, 4) is 5.75 Å². The van der Waals surface area contributed by atoms with Crippen molar-refractivity contribution in [1.29, 1.82) is 0 Å². The highest BCUT2D eigenvalue weighted by atomic mass is 19.1. The van der Waals surface area contributed by atoms with Gasteiger partial charge in [-0.3, -0.25) is 4.79 Å². The van der Waals surface area contributed by atoms with Crippen LogP contribution in [-0.2, 0) is 4.79 Å². The second-order valence-electron chi connectivity index (χ2n) is 4.11. The lowest BCUT2D eigenvalue weighted by atomic mass is 10.1. The van der Waals surface area contributed by atoms with Gasteiger partial charge in [-0.1, -0.05) is 0 Å². The molecule has 1 heterocycles. The number of aliphatic hydroxyl groups is 1. The van der Waals surface area contributed by atoms with Crippen LogP contribution in [0.15, 0.2) is 18.2 Å². The third kappa shape index (κ3) is 2.39. The van der Waals surface area contributed by atoms with E-state index in [-0.39, 0.29) is 18.4 Å². The van der Waals surface area contributed by atoms with Gasteiger partial charge < -0.3 is 14.7 Å². The molecule has 0 bridgehead atoms. The average molecular weight is 239 g/mol. The van der Waals surface area contributed by atoms with Gasteiger partial charge in [-0.25, -0.2) is 4.39 Å². The van der Waals surface area contributed by atoms with Gasteiger partial charge in [-0.05, 0) is 6.07 Å². The smallest absolute Gasteiger partial charge is 0.227 e. The van der Waals surface area contributed by atoms with Crippen molar-refractivity contribution in [2.75, 3.05) is 25.2 Å². The lowest BCUT2D eigenvalue weighted by Crippen LogP contribution is -2.25. The van der Waals surface area contributed by atoms with Gasteiger partial charge in [0.25, 0.3) is 0 Å². The molecule has 0 aromatic heterocycles. The zero-order valence-corrected chi connectivity index (χ0v) is 9.52. The molecule has 0 radical (unpaired) electrons. The molecule has 4 nitrogen and oxygen atoms in total. The van der Waals surface area contributed by atoms with E-state index in [2.05, 4.69) is 0 Å². The van der Waals surface area contributed by atoms with Crippen LogP contribution in [-0.4, -0.2) is 31.3 Å².